The van der Waals surface area contributed by atoms with Crippen LogP contribution in [0.1, 0.15) is 18.4 Å². The monoisotopic (exact) mass is 396 g/mol. The van der Waals surface area contributed by atoms with Crippen LogP contribution in [0, 0.1) is 10.1 Å². The second-order valence-electron chi connectivity index (χ2n) is 4.95. The number of benzene rings is 1. The lowest BCUT2D eigenvalue weighted by Crippen LogP contribution is -2.07. The Balaban J connectivity index is 1.90. The quantitative estimate of drug-likeness (QED) is 0.575. The van der Waals surface area contributed by atoms with Crippen LogP contribution in [0.15, 0.2) is 21.4 Å². The minimum absolute atomic E-state index is 0.0212. The molecule has 1 aromatic heterocycles. The summed E-state index contributed by atoms with van der Waals surface area (Å²) in [7, 11) is 0. The molecule has 2 aromatic rings. The zero-order valence-electron chi connectivity index (χ0n) is 11.6. The fourth-order valence-corrected chi connectivity index (χ4v) is 4.04. The highest BCUT2D eigenvalue weighted by Gasteiger charge is 2.36. The Bertz CT molecular complexity index is 795. The zero-order chi connectivity index (χ0) is 17.5. The number of nitro groups is 1. The van der Waals surface area contributed by atoms with E-state index in [4.69, 9.17) is 11.6 Å². The first-order valence-corrected chi connectivity index (χ1v) is 8.58. The number of anilines is 1. The Morgan fingerprint density at radius 3 is 2.67 bits per heavy atom. The average Bonchev–Trinajstić information content (AvgIpc) is 3.16. The lowest BCUT2D eigenvalue weighted by Gasteiger charge is -2.10. The van der Waals surface area contributed by atoms with Gasteiger partial charge in [0.15, 0.2) is 4.34 Å². The minimum Gasteiger partial charge on any atom is -0.357 e. The molecular weight excluding hydrogens is 389 g/mol. The van der Waals surface area contributed by atoms with E-state index >= 15 is 0 Å². The van der Waals surface area contributed by atoms with E-state index in [2.05, 4.69) is 15.5 Å². The third kappa shape index (κ3) is 3.90. The van der Waals surface area contributed by atoms with E-state index in [1.165, 1.54) is 11.3 Å². The molecule has 1 N–H and O–H groups in total. The van der Waals surface area contributed by atoms with Crippen LogP contribution in [0.4, 0.5) is 24.0 Å². The molecule has 24 heavy (non-hydrogen) atoms. The number of halogens is 4. The Labute approximate surface area is 146 Å². The first-order valence-electron chi connectivity index (χ1n) is 6.57. The van der Waals surface area contributed by atoms with Crippen LogP contribution in [-0.4, -0.2) is 21.2 Å². The maximum absolute atomic E-state index is 12.8. The van der Waals surface area contributed by atoms with E-state index in [9.17, 15) is 23.3 Å². The summed E-state index contributed by atoms with van der Waals surface area (Å²) < 4.78 is 38.9. The van der Waals surface area contributed by atoms with Gasteiger partial charge in [-0.2, -0.15) is 13.2 Å². The molecule has 0 saturated heterocycles. The molecule has 6 nitrogen and oxygen atoms in total. The minimum atomic E-state index is -4.77. The number of nitrogens with one attached hydrogen (secondary N) is 1. The van der Waals surface area contributed by atoms with E-state index in [0.29, 0.717) is 21.6 Å². The first-order chi connectivity index (χ1) is 11.2. The highest BCUT2D eigenvalue weighted by molar-refractivity contribution is 8.01. The Morgan fingerprint density at radius 2 is 2.08 bits per heavy atom. The molecule has 1 aromatic carbocycles. The van der Waals surface area contributed by atoms with Crippen LogP contribution in [0.25, 0.3) is 0 Å². The van der Waals surface area contributed by atoms with Crippen molar-refractivity contribution in [1.29, 1.82) is 0 Å². The number of alkyl halides is 3. The Morgan fingerprint density at radius 1 is 1.38 bits per heavy atom. The summed E-state index contributed by atoms with van der Waals surface area (Å²) in [5.41, 5.74) is -1.92. The maximum Gasteiger partial charge on any atom is 0.418 e. The van der Waals surface area contributed by atoms with Crippen LogP contribution < -0.4 is 5.32 Å². The molecule has 1 fully saturated rings. The van der Waals surface area contributed by atoms with Crippen molar-refractivity contribution < 1.29 is 18.1 Å². The molecule has 0 radical (unpaired) electrons. The summed E-state index contributed by atoms with van der Waals surface area (Å²) in [5.74, 6) is 0. The van der Waals surface area contributed by atoms with Crippen molar-refractivity contribution in [3.05, 3.63) is 32.8 Å². The van der Waals surface area contributed by atoms with Gasteiger partial charge < -0.3 is 5.32 Å². The van der Waals surface area contributed by atoms with E-state index in [-0.39, 0.29) is 4.90 Å². The van der Waals surface area contributed by atoms with Gasteiger partial charge in [0.05, 0.1) is 20.4 Å². The summed E-state index contributed by atoms with van der Waals surface area (Å²) in [4.78, 5) is 10.2. The predicted octanol–water partition coefficient (Wildman–Crippen LogP) is 4.84. The standard InChI is InChI=1S/C12H8ClF3N4O2S2/c13-7-4-9(8(20(21)22)3-6(7)12(14,15)16)23-11-19-18-10(24-11)17-5-1-2-5/h3-5H,1-2H2,(H,17,18). The SMILES string of the molecule is O=[N+]([O-])c1cc(C(F)(F)F)c(Cl)cc1Sc1nnc(NC2CC2)s1. The van der Waals surface area contributed by atoms with Crippen LogP contribution in [-0.2, 0) is 6.18 Å². The molecule has 1 aliphatic carbocycles. The van der Waals surface area contributed by atoms with E-state index in [0.717, 1.165) is 30.7 Å². The van der Waals surface area contributed by atoms with E-state index in [1.54, 1.807) is 0 Å². The maximum atomic E-state index is 12.8. The normalized spacial score (nSPS) is 14.7. The third-order valence-corrected chi connectivity index (χ3v) is 5.32. The van der Waals surface area contributed by atoms with Crippen molar-refractivity contribution >= 4 is 45.5 Å². The van der Waals surface area contributed by atoms with Crippen LogP contribution >= 0.6 is 34.7 Å². The topological polar surface area (TPSA) is 81.0 Å². The summed E-state index contributed by atoms with van der Waals surface area (Å²) in [6.45, 7) is 0. The second-order valence-corrected chi connectivity index (χ2v) is 7.62. The Kier molecular flexibility index (Phi) is 4.58. The van der Waals surface area contributed by atoms with Crippen LogP contribution in [0.5, 0.6) is 0 Å². The number of nitro benzene ring substituents is 1. The van der Waals surface area contributed by atoms with E-state index < -0.39 is 27.4 Å². The summed E-state index contributed by atoms with van der Waals surface area (Å²) >= 11 is 7.67. The predicted molar refractivity (Wildman–Crippen MR) is 83.8 cm³/mol. The van der Waals surface area contributed by atoms with Crippen molar-refractivity contribution in [1.82, 2.24) is 10.2 Å². The fourth-order valence-electron chi connectivity index (χ4n) is 1.79. The number of rotatable bonds is 5. The van der Waals surface area contributed by atoms with Crippen molar-refractivity contribution in [2.75, 3.05) is 5.32 Å². The van der Waals surface area contributed by atoms with Gasteiger partial charge in [-0.05, 0) is 30.7 Å². The van der Waals surface area contributed by atoms with Gasteiger partial charge in [0.25, 0.3) is 5.69 Å². The molecule has 128 valence electrons. The number of hydrogen-bond acceptors (Lipinski definition) is 7. The first kappa shape index (κ1) is 17.2. The number of aromatic nitrogens is 2. The summed E-state index contributed by atoms with van der Waals surface area (Å²) in [6, 6.07) is 1.74. The fraction of sp³-hybridized carbons (Fsp3) is 0.333. The van der Waals surface area contributed by atoms with Crippen molar-refractivity contribution in [3.8, 4) is 0 Å². The molecule has 1 heterocycles. The van der Waals surface area contributed by atoms with Crippen molar-refractivity contribution in [3.63, 3.8) is 0 Å². The highest BCUT2D eigenvalue weighted by Crippen LogP contribution is 2.44. The molecule has 12 heteroatoms. The molecule has 0 unspecified atom stereocenters. The molecule has 0 aliphatic heterocycles. The van der Waals surface area contributed by atoms with Crippen molar-refractivity contribution in [2.24, 2.45) is 0 Å². The van der Waals surface area contributed by atoms with Crippen LogP contribution in [0.2, 0.25) is 5.02 Å². The third-order valence-electron chi connectivity index (χ3n) is 3.06. The van der Waals surface area contributed by atoms with Gasteiger partial charge in [0, 0.05) is 12.1 Å². The smallest absolute Gasteiger partial charge is 0.357 e. The Hall–Kier alpha value is -1.59. The molecule has 1 aliphatic rings. The van der Waals surface area contributed by atoms with Gasteiger partial charge in [0.1, 0.15) is 0 Å². The summed E-state index contributed by atoms with van der Waals surface area (Å²) in [6.07, 6.45) is -2.68. The lowest BCUT2D eigenvalue weighted by molar-refractivity contribution is -0.388. The van der Waals surface area contributed by atoms with Gasteiger partial charge in [0.2, 0.25) is 5.13 Å². The second kappa shape index (κ2) is 6.37. The highest BCUT2D eigenvalue weighted by atomic mass is 35.5. The van der Waals surface area contributed by atoms with Crippen molar-refractivity contribution in [2.45, 2.75) is 34.3 Å². The zero-order valence-corrected chi connectivity index (χ0v) is 14.0. The van der Waals surface area contributed by atoms with Gasteiger partial charge in [-0.25, -0.2) is 0 Å². The molecule has 0 bridgehead atoms. The van der Waals surface area contributed by atoms with Gasteiger partial charge in [-0.1, -0.05) is 22.9 Å². The number of nitrogens with zero attached hydrogens (tertiary/aromatic N) is 3. The van der Waals surface area contributed by atoms with E-state index in [1.807, 2.05) is 0 Å². The summed E-state index contributed by atoms with van der Waals surface area (Å²) in [5, 5.41) is 22.0. The van der Waals surface area contributed by atoms with Gasteiger partial charge >= 0.3 is 6.18 Å². The lowest BCUT2D eigenvalue weighted by atomic mass is 10.2. The average molecular weight is 397 g/mol. The molecular formula is C12H8ClF3N4O2S2. The molecule has 3 rings (SSSR count). The van der Waals surface area contributed by atoms with Gasteiger partial charge in [-0.15, -0.1) is 10.2 Å². The largest absolute Gasteiger partial charge is 0.418 e. The van der Waals surface area contributed by atoms with Gasteiger partial charge in [-0.3, -0.25) is 10.1 Å². The van der Waals surface area contributed by atoms with Crippen LogP contribution in [0.3, 0.4) is 0 Å². The molecule has 0 amide bonds. The molecule has 1 saturated carbocycles. The molecule has 0 spiro atoms. The molecule has 0 atom stereocenters. The number of hydrogen-bond donors (Lipinski definition) is 1.